The maximum atomic E-state index is 12.3. The van der Waals surface area contributed by atoms with Crippen LogP contribution in [0.3, 0.4) is 0 Å². The van der Waals surface area contributed by atoms with Crippen LogP contribution in [0, 0.1) is 0 Å². The van der Waals surface area contributed by atoms with Crippen LogP contribution in [-0.2, 0) is 0 Å². The van der Waals surface area contributed by atoms with Gasteiger partial charge in [0.05, 0.1) is 22.8 Å². The maximum absolute atomic E-state index is 12.3. The molecule has 0 bridgehead atoms. The molecule has 2 aromatic heterocycles. The van der Waals surface area contributed by atoms with E-state index < -0.39 is 0 Å². The van der Waals surface area contributed by atoms with Gasteiger partial charge in [-0.05, 0) is 54.8 Å². The van der Waals surface area contributed by atoms with Crippen LogP contribution in [0.5, 0.6) is 0 Å². The number of aromatic nitrogens is 4. The minimum absolute atomic E-state index is 0.0692. The first-order valence-electron chi connectivity index (χ1n) is 8.52. The molecule has 0 radical (unpaired) electrons. The molecule has 0 saturated heterocycles. The number of halogens is 1. The topological polar surface area (TPSA) is 63.6 Å². The molecule has 0 amide bonds. The number of benzene rings is 2. The highest BCUT2D eigenvalue weighted by atomic mass is 35.5. The highest BCUT2D eigenvalue weighted by Crippen LogP contribution is 2.38. The Morgan fingerprint density at radius 3 is 2.65 bits per heavy atom. The molecule has 1 aliphatic carbocycles. The number of hydrogen-bond donors (Lipinski definition) is 1. The van der Waals surface area contributed by atoms with E-state index in [2.05, 4.69) is 15.1 Å². The van der Waals surface area contributed by atoms with Crippen molar-refractivity contribution < 1.29 is 0 Å². The van der Waals surface area contributed by atoms with Crippen molar-refractivity contribution in [2.75, 3.05) is 0 Å². The van der Waals surface area contributed by atoms with Crippen LogP contribution in [-0.4, -0.2) is 19.7 Å². The van der Waals surface area contributed by atoms with Gasteiger partial charge in [0.15, 0.2) is 0 Å². The summed E-state index contributed by atoms with van der Waals surface area (Å²) in [6, 6.07) is 13.2. The SMILES string of the molecule is O=c1[nH]c(C2CC2)nc2cc(-c3cnn(-c4ccc(Cl)cc4)c3)ccc12. The van der Waals surface area contributed by atoms with Gasteiger partial charge in [0.2, 0.25) is 0 Å². The molecule has 1 N–H and O–H groups in total. The summed E-state index contributed by atoms with van der Waals surface area (Å²) >= 11 is 5.94. The molecule has 1 aliphatic rings. The Bertz CT molecular complexity index is 1170. The molecule has 26 heavy (non-hydrogen) atoms. The third-order valence-corrected chi connectivity index (χ3v) is 4.95. The number of hydrogen-bond acceptors (Lipinski definition) is 3. The monoisotopic (exact) mass is 362 g/mol. The van der Waals surface area contributed by atoms with Gasteiger partial charge < -0.3 is 4.98 Å². The fraction of sp³-hybridized carbons (Fsp3) is 0.150. The van der Waals surface area contributed by atoms with E-state index in [4.69, 9.17) is 11.6 Å². The smallest absolute Gasteiger partial charge is 0.258 e. The lowest BCUT2D eigenvalue weighted by atomic mass is 10.1. The van der Waals surface area contributed by atoms with Crippen molar-refractivity contribution in [3.63, 3.8) is 0 Å². The molecule has 128 valence electrons. The lowest BCUT2D eigenvalue weighted by Gasteiger charge is -2.04. The van der Waals surface area contributed by atoms with Crippen LogP contribution in [0.15, 0.2) is 59.7 Å². The molecule has 6 heteroatoms. The third kappa shape index (κ3) is 2.70. The van der Waals surface area contributed by atoms with Crippen LogP contribution in [0.1, 0.15) is 24.6 Å². The average Bonchev–Trinajstić information content (AvgIpc) is 3.39. The van der Waals surface area contributed by atoms with Gasteiger partial charge in [0, 0.05) is 22.7 Å². The number of nitrogens with one attached hydrogen (secondary N) is 1. The van der Waals surface area contributed by atoms with E-state index in [1.54, 1.807) is 4.68 Å². The average molecular weight is 363 g/mol. The fourth-order valence-electron chi connectivity index (χ4n) is 3.09. The van der Waals surface area contributed by atoms with E-state index in [0.717, 1.165) is 41.0 Å². The number of H-pyrrole nitrogens is 1. The van der Waals surface area contributed by atoms with E-state index in [9.17, 15) is 4.79 Å². The molecule has 0 atom stereocenters. The van der Waals surface area contributed by atoms with Crippen LogP contribution < -0.4 is 5.56 Å². The quantitative estimate of drug-likeness (QED) is 0.590. The van der Waals surface area contributed by atoms with Crippen LogP contribution in [0.25, 0.3) is 27.7 Å². The zero-order valence-electron chi connectivity index (χ0n) is 13.8. The highest BCUT2D eigenvalue weighted by molar-refractivity contribution is 6.30. The van der Waals surface area contributed by atoms with Gasteiger partial charge in [-0.3, -0.25) is 4.79 Å². The Balaban J connectivity index is 1.56. The molecule has 0 aliphatic heterocycles. The minimum Gasteiger partial charge on any atom is -0.310 e. The van der Waals surface area contributed by atoms with E-state index in [1.807, 2.05) is 54.9 Å². The number of aromatic amines is 1. The van der Waals surface area contributed by atoms with Gasteiger partial charge in [-0.1, -0.05) is 17.7 Å². The molecule has 1 saturated carbocycles. The van der Waals surface area contributed by atoms with Crippen molar-refractivity contribution >= 4 is 22.5 Å². The van der Waals surface area contributed by atoms with Crippen LogP contribution in [0.2, 0.25) is 5.02 Å². The maximum Gasteiger partial charge on any atom is 0.258 e. The number of rotatable bonds is 3. The normalized spacial score (nSPS) is 14.0. The number of fused-ring (bicyclic) bond motifs is 1. The summed E-state index contributed by atoms with van der Waals surface area (Å²) in [5.41, 5.74) is 3.55. The first-order valence-corrected chi connectivity index (χ1v) is 8.90. The molecule has 0 unspecified atom stereocenters. The lowest BCUT2D eigenvalue weighted by Crippen LogP contribution is -2.11. The Labute approximate surface area is 154 Å². The van der Waals surface area contributed by atoms with Crippen molar-refractivity contribution in [2.45, 2.75) is 18.8 Å². The molecule has 1 fully saturated rings. The summed E-state index contributed by atoms with van der Waals surface area (Å²) in [7, 11) is 0. The van der Waals surface area contributed by atoms with Crippen LogP contribution in [0.4, 0.5) is 0 Å². The standard InChI is InChI=1S/C20H15ClN4O/c21-15-4-6-16(7-5-15)25-11-14(10-22-25)13-3-8-17-18(9-13)23-19(12-1-2-12)24-20(17)26/h3-12H,1-2H2,(H,23,24,26). The van der Waals surface area contributed by atoms with Crippen LogP contribution >= 0.6 is 11.6 Å². The van der Waals surface area contributed by atoms with Crippen molar-refractivity contribution in [2.24, 2.45) is 0 Å². The van der Waals surface area contributed by atoms with E-state index in [-0.39, 0.29) is 5.56 Å². The van der Waals surface area contributed by atoms with Gasteiger partial charge in [-0.25, -0.2) is 9.67 Å². The first-order chi connectivity index (χ1) is 12.7. The Hall–Kier alpha value is -2.92. The van der Waals surface area contributed by atoms with Crippen molar-refractivity contribution in [1.29, 1.82) is 0 Å². The lowest BCUT2D eigenvalue weighted by molar-refractivity contribution is 0.881. The fourth-order valence-corrected chi connectivity index (χ4v) is 3.22. The Morgan fingerprint density at radius 1 is 1.08 bits per heavy atom. The van der Waals surface area contributed by atoms with Gasteiger partial charge in [-0.2, -0.15) is 5.10 Å². The summed E-state index contributed by atoms with van der Waals surface area (Å²) in [5.74, 6) is 1.21. The zero-order chi connectivity index (χ0) is 17.7. The highest BCUT2D eigenvalue weighted by Gasteiger charge is 2.26. The molecule has 0 spiro atoms. The molecular formula is C20H15ClN4O. The van der Waals surface area contributed by atoms with E-state index in [1.165, 1.54) is 0 Å². The molecule has 2 heterocycles. The number of nitrogens with zero attached hydrogens (tertiary/aromatic N) is 3. The second-order valence-electron chi connectivity index (χ2n) is 6.61. The summed E-state index contributed by atoms with van der Waals surface area (Å²) < 4.78 is 1.80. The summed E-state index contributed by atoms with van der Waals surface area (Å²) in [6.45, 7) is 0. The van der Waals surface area contributed by atoms with Crippen molar-refractivity contribution in [1.82, 2.24) is 19.7 Å². The Morgan fingerprint density at radius 2 is 1.88 bits per heavy atom. The largest absolute Gasteiger partial charge is 0.310 e. The molecule has 5 rings (SSSR count). The molecular weight excluding hydrogens is 348 g/mol. The summed E-state index contributed by atoms with van der Waals surface area (Å²) in [4.78, 5) is 19.8. The van der Waals surface area contributed by atoms with Gasteiger partial charge in [0.25, 0.3) is 5.56 Å². The molecule has 4 aromatic rings. The van der Waals surface area contributed by atoms with Gasteiger partial charge in [-0.15, -0.1) is 0 Å². The van der Waals surface area contributed by atoms with Gasteiger partial charge in [0.1, 0.15) is 5.82 Å². The molecule has 2 aromatic carbocycles. The van der Waals surface area contributed by atoms with E-state index in [0.29, 0.717) is 16.3 Å². The second-order valence-corrected chi connectivity index (χ2v) is 7.04. The predicted molar refractivity (Wildman–Crippen MR) is 102 cm³/mol. The third-order valence-electron chi connectivity index (χ3n) is 4.70. The van der Waals surface area contributed by atoms with Crippen molar-refractivity contribution in [3.05, 3.63) is 76.1 Å². The minimum atomic E-state index is -0.0692. The second kappa shape index (κ2) is 5.81. The predicted octanol–water partition coefficient (Wildman–Crippen LogP) is 4.31. The van der Waals surface area contributed by atoms with Crippen molar-refractivity contribution in [3.8, 4) is 16.8 Å². The summed E-state index contributed by atoms with van der Waals surface area (Å²) in [6.07, 6.45) is 5.97. The molecule has 5 nitrogen and oxygen atoms in total. The Kier molecular flexibility index (Phi) is 3.43. The summed E-state index contributed by atoms with van der Waals surface area (Å²) in [5, 5.41) is 5.74. The zero-order valence-corrected chi connectivity index (χ0v) is 14.6. The first kappa shape index (κ1) is 15.3. The van der Waals surface area contributed by atoms with Gasteiger partial charge >= 0.3 is 0 Å². The van der Waals surface area contributed by atoms with E-state index >= 15 is 0 Å².